The van der Waals surface area contributed by atoms with Gasteiger partial charge in [-0.05, 0) is 61.6 Å². The number of nitrogens with one attached hydrogen (secondary N) is 2. The third kappa shape index (κ3) is 4.86. The number of fused-ring (bicyclic) bond motifs is 1. The smallest absolute Gasteiger partial charge is 0.255 e. The molecular formula is C28H30FN5O3. The monoisotopic (exact) mass is 503 g/mol. The first-order valence-electron chi connectivity index (χ1n) is 12.3. The van der Waals surface area contributed by atoms with E-state index in [9.17, 15) is 9.90 Å². The fraction of sp³-hybridized carbons (Fsp3) is 0.321. The lowest BCUT2D eigenvalue weighted by atomic mass is 9.92. The van der Waals surface area contributed by atoms with Crippen LogP contribution in [0.3, 0.4) is 0 Å². The van der Waals surface area contributed by atoms with Crippen LogP contribution in [0.5, 0.6) is 5.75 Å². The zero-order chi connectivity index (χ0) is 26.1. The SMILES string of the molecule is COc1ccccc1-c1n[nH]c2ncc(-c3cc(F)c(NC4CCC(O)CC4)c(C(=O)N(C)C)c3)cc12. The number of carbonyl (C=O) groups excluding carboxylic acids is 1. The topological polar surface area (TPSA) is 103 Å². The molecule has 1 fully saturated rings. The molecule has 1 aliphatic carbocycles. The van der Waals surface area contributed by atoms with Crippen molar-refractivity contribution in [3.63, 3.8) is 0 Å². The summed E-state index contributed by atoms with van der Waals surface area (Å²) in [5, 5.41) is 21.2. The molecule has 1 saturated carbocycles. The first kappa shape index (κ1) is 24.7. The highest BCUT2D eigenvalue weighted by molar-refractivity contribution is 6.01. The van der Waals surface area contributed by atoms with Gasteiger partial charge in [0.2, 0.25) is 0 Å². The molecule has 0 aliphatic heterocycles. The average Bonchev–Trinajstić information content (AvgIpc) is 3.33. The highest BCUT2D eigenvalue weighted by Gasteiger charge is 2.25. The second-order valence-electron chi connectivity index (χ2n) is 9.62. The largest absolute Gasteiger partial charge is 0.496 e. The average molecular weight is 504 g/mol. The van der Waals surface area contributed by atoms with Gasteiger partial charge in [0.15, 0.2) is 5.65 Å². The molecule has 0 saturated heterocycles. The maximum atomic E-state index is 15.6. The third-order valence-corrected chi connectivity index (χ3v) is 6.88. The van der Waals surface area contributed by atoms with Crippen LogP contribution in [0.2, 0.25) is 0 Å². The number of aliphatic hydroxyl groups is 1. The molecule has 9 heteroatoms. The number of hydrogen-bond acceptors (Lipinski definition) is 6. The van der Waals surface area contributed by atoms with Gasteiger partial charge < -0.3 is 20.1 Å². The Hall–Kier alpha value is -3.98. The lowest BCUT2D eigenvalue weighted by molar-refractivity contribution is 0.0827. The number of halogens is 1. The summed E-state index contributed by atoms with van der Waals surface area (Å²) in [5.74, 6) is -0.130. The first-order chi connectivity index (χ1) is 17.9. The predicted molar refractivity (Wildman–Crippen MR) is 141 cm³/mol. The van der Waals surface area contributed by atoms with E-state index in [1.807, 2.05) is 30.3 Å². The van der Waals surface area contributed by atoms with Crippen LogP contribution in [0.1, 0.15) is 36.0 Å². The van der Waals surface area contributed by atoms with Gasteiger partial charge in [-0.25, -0.2) is 9.37 Å². The summed E-state index contributed by atoms with van der Waals surface area (Å²) in [6.45, 7) is 0. The van der Waals surface area contributed by atoms with E-state index in [4.69, 9.17) is 4.74 Å². The Balaban J connectivity index is 1.58. The first-order valence-corrected chi connectivity index (χ1v) is 12.3. The quantitative estimate of drug-likeness (QED) is 0.347. The summed E-state index contributed by atoms with van der Waals surface area (Å²) < 4.78 is 21.1. The van der Waals surface area contributed by atoms with Gasteiger partial charge >= 0.3 is 0 Å². The number of carbonyl (C=O) groups is 1. The van der Waals surface area contributed by atoms with E-state index in [0.717, 1.165) is 10.9 Å². The number of anilines is 1. The summed E-state index contributed by atoms with van der Waals surface area (Å²) >= 11 is 0. The zero-order valence-electron chi connectivity index (χ0n) is 21.1. The second-order valence-corrected chi connectivity index (χ2v) is 9.62. The number of methoxy groups -OCH3 is 1. The van der Waals surface area contributed by atoms with Crippen molar-refractivity contribution in [2.24, 2.45) is 0 Å². The van der Waals surface area contributed by atoms with E-state index in [0.29, 0.717) is 53.9 Å². The lowest BCUT2D eigenvalue weighted by Crippen LogP contribution is -2.30. The van der Waals surface area contributed by atoms with Crippen LogP contribution in [-0.4, -0.2) is 64.4 Å². The fourth-order valence-electron chi connectivity index (χ4n) is 4.86. The summed E-state index contributed by atoms with van der Waals surface area (Å²) in [4.78, 5) is 19.1. The zero-order valence-corrected chi connectivity index (χ0v) is 21.1. The van der Waals surface area contributed by atoms with E-state index in [1.54, 1.807) is 33.5 Å². The Kier molecular flexibility index (Phi) is 6.80. The Bertz CT molecular complexity index is 1440. The van der Waals surface area contributed by atoms with Crippen molar-refractivity contribution in [1.82, 2.24) is 20.1 Å². The molecular weight excluding hydrogens is 473 g/mol. The molecule has 1 amide bonds. The molecule has 2 aromatic carbocycles. The van der Waals surface area contributed by atoms with Crippen molar-refractivity contribution in [3.05, 3.63) is 60.0 Å². The normalized spacial score (nSPS) is 17.5. The molecule has 192 valence electrons. The van der Waals surface area contributed by atoms with E-state index >= 15 is 4.39 Å². The van der Waals surface area contributed by atoms with Gasteiger partial charge in [-0.1, -0.05) is 12.1 Å². The van der Waals surface area contributed by atoms with Gasteiger partial charge in [0.05, 0.1) is 24.5 Å². The van der Waals surface area contributed by atoms with Crippen LogP contribution in [0, 0.1) is 5.82 Å². The van der Waals surface area contributed by atoms with E-state index in [-0.39, 0.29) is 29.3 Å². The number of hydrogen-bond donors (Lipinski definition) is 3. The Labute approximate surface area is 214 Å². The number of H-pyrrole nitrogens is 1. The Morgan fingerprint density at radius 1 is 1.14 bits per heavy atom. The molecule has 0 spiro atoms. The summed E-state index contributed by atoms with van der Waals surface area (Å²) in [5.41, 5.74) is 3.70. The number of benzene rings is 2. The van der Waals surface area contributed by atoms with E-state index in [1.165, 1.54) is 11.0 Å². The lowest BCUT2D eigenvalue weighted by Gasteiger charge is -2.28. The maximum absolute atomic E-state index is 15.6. The minimum Gasteiger partial charge on any atom is -0.496 e. The molecule has 0 unspecified atom stereocenters. The van der Waals surface area contributed by atoms with Gasteiger partial charge in [-0.3, -0.25) is 9.89 Å². The maximum Gasteiger partial charge on any atom is 0.255 e. The highest BCUT2D eigenvalue weighted by atomic mass is 19.1. The molecule has 0 radical (unpaired) electrons. The molecule has 3 N–H and O–H groups in total. The van der Waals surface area contributed by atoms with Gasteiger partial charge in [0, 0.05) is 42.8 Å². The molecule has 0 bridgehead atoms. The molecule has 0 atom stereocenters. The number of amides is 1. The van der Waals surface area contributed by atoms with Crippen molar-refractivity contribution in [2.45, 2.75) is 37.8 Å². The van der Waals surface area contributed by atoms with Gasteiger partial charge in [0.25, 0.3) is 5.91 Å². The number of rotatable bonds is 6. The van der Waals surface area contributed by atoms with Crippen molar-refractivity contribution < 1.29 is 19.0 Å². The van der Waals surface area contributed by atoms with Crippen molar-refractivity contribution in [3.8, 4) is 28.1 Å². The summed E-state index contributed by atoms with van der Waals surface area (Å²) in [6.07, 6.45) is 4.05. The van der Waals surface area contributed by atoms with Crippen molar-refractivity contribution >= 4 is 22.6 Å². The van der Waals surface area contributed by atoms with Crippen LogP contribution >= 0.6 is 0 Å². The molecule has 37 heavy (non-hydrogen) atoms. The minimum atomic E-state index is -0.508. The highest BCUT2D eigenvalue weighted by Crippen LogP contribution is 2.36. The molecule has 4 aromatic rings. The minimum absolute atomic E-state index is 0.00943. The number of ether oxygens (including phenoxy) is 1. The number of aromatic amines is 1. The number of nitrogens with zero attached hydrogens (tertiary/aromatic N) is 3. The molecule has 8 nitrogen and oxygen atoms in total. The number of para-hydroxylation sites is 1. The van der Waals surface area contributed by atoms with E-state index < -0.39 is 5.82 Å². The van der Waals surface area contributed by atoms with Gasteiger partial charge in [-0.2, -0.15) is 5.10 Å². The standard InChI is InChI=1S/C28H30FN5O3/c1-34(2)28(36)22-12-16(14-23(29)26(22)31-18-8-10-19(35)11-9-18)17-13-21-25(32-33-27(21)30-15-17)20-6-4-5-7-24(20)37-3/h4-7,12-15,18-19,31,35H,8-11H2,1-3H3,(H,30,32,33). The second kappa shape index (κ2) is 10.2. The third-order valence-electron chi connectivity index (χ3n) is 6.88. The Morgan fingerprint density at radius 2 is 1.89 bits per heavy atom. The van der Waals surface area contributed by atoms with E-state index in [2.05, 4.69) is 20.5 Å². The van der Waals surface area contributed by atoms with Crippen LogP contribution in [0.4, 0.5) is 10.1 Å². The predicted octanol–water partition coefficient (Wildman–Crippen LogP) is 4.86. The molecule has 1 aliphatic rings. The van der Waals surface area contributed by atoms with Crippen molar-refractivity contribution in [1.29, 1.82) is 0 Å². The molecule has 2 heterocycles. The number of pyridine rings is 1. The fourth-order valence-corrected chi connectivity index (χ4v) is 4.86. The van der Waals surface area contributed by atoms with Crippen LogP contribution in [-0.2, 0) is 0 Å². The van der Waals surface area contributed by atoms with Gasteiger partial charge in [-0.15, -0.1) is 0 Å². The molecule has 5 rings (SSSR count). The van der Waals surface area contributed by atoms with Crippen LogP contribution in [0.15, 0.2) is 48.7 Å². The summed E-state index contributed by atoms with van der Waals surface area (Å²) in [6, 6.07) is 12.6. The van der Waals surface area contributed by atoms with Crippen LogP contribution in [0.25, 0.3) is 33.4 Å². The van der Waals surface area contributed by atoms with Crippen LogP contribution < -0.4 is 10.1 Å². The van der Waals surface area contributed by atoms with Crippen molar-refractivity contribution in [2.75, 3.05) is 26.5 Å². The molecule has 2 aromatic heterocycles. The Morgan fingerprint density at radius 3 is 2.62 bits per heavy atom. The number of aliphatic hydroxyl groups excluding tert-OH is 1. The van der Waals surface area contributed by atoms with Gasteiger partial charge in [0.1, 0.15) is 17.3 Å². The summed E-state index contributed by atoms with van der Waals surface area (Å²) in [7, 11) is 4.90. The number of aromatic nitrogens is 3.